The maximum Gasteiger partial charge on any atom is 0.159 e. The number of nitrogens with one attached hydrogen (secondary N) is 1. The van der Waals surface area contributed by atoms with E-state index in [1.165, 1.54) is 12.1 Å². The van der Waals surface area contributed by atoms with Gasteiger partial charge in [0.1, 0.15) is 0 Å². The maximum atomic E-state index is 4.28. The minimum absolute atomic E-state index is 0. The number of aromatic nitrogens is 2. The molecule has 0 spiro atoms. The molecule has 20 heavy (non-hydrogen) atoms. The van der Waals surface area contributed by atoms with Gasteiger partial charge >= 0.3 is 0 Å². The average molecular weight is 289 g/mol. The largest absolute Gasteiger partial charge is 0.366 e. The summed E-state index contributed by atoms with van der Waals surface area (Å²) >= 11 is 0. The van der Waals surface area contributed by atoms with Crippen molar-refractivity contribution in [2.24, 2.45) is 0 Å². The lowest BCUT2D eigenvalue weighted by Crippen LogP contribution is -2.43. The van der Waals surface area contributed by atoms with Crippen LogP contribution in [0.15, 0.2) is 42.7 Å². The number of anilines is 1. The van der Waals surface area contributed by atoms with Gasteiger partial charge in [0.2, 0.25) is 0 Å². The van der Waals surface area contributed by atoms with Crippen LogP contribution in [0.1, 0.15) is 6.42 Å². The Morgan fingerprint density at radius 2 is 1.85 bits per heavy atom. The second-order valence-electron chi connectivity index (χ2n) is 5.27. The van der Waals surface area contributed by atoms with E-state index in [0.717, 1.165) is 24.5 Å². The van der Waals surface area contributed by atoms with Gasteiger partial charge in [0, 0.05) is 48.8 Å². The molecule has 2 aliphatic rings. The lowest BCUT2D eigenvalue weighted by Gasteiger charge is -2.29. The van der Waals surface area contributed by atoms with Gasteiger partial charge in [-0.05, 0) is 36.8 Å². The van der Waals surface area contributed by atoms with Crippen molar-refractivity contribution in [3.63, 3.8) is 0 Å². The van der Waals surface area contributed by atoms with Crippen LogP contribution in [0.2, 0.25) is 0 Å². The number of benzene rings is 1. The van der Waals surface area contributed by atoms with Crippen molar-refractivity contribution >= 4 is 18.1 Å². The highest BCUT2D eigenvalue weighted by molar-refractivity contribution is 5.85. The van der Waals surface area contributed by atoms with Crippen molar-refractivity contribution < 1.29 is 0 Å². The Balaban J connectivity index is 0.00000121. The molecule has 0 saturated carbocycles. The summed E-state index contributed by atoms with van der Waals surface area (Å²) < 4.78 is 0. The highest BCUT2D eigenvalue weighted by atomic mass is 35.5. The van der Waals surface area contributed by atoms with Crippen LogP contribution < -0.4 is 10.2 Å². The third kappa shape index (κ3) is 2.25. The molecule has 0 aliphatic carbocycles. The predicted octanol–water partition coefficient (Wildman–Crippen LogP) is 2.12. The van der Waals surface area contributed by atoms with Crippen LogP contribution in [0.5, 0.6) is 0 Å². The molecule has 1 aromatic heterocycles. The third-order valence-corrected chi connectivity index (χ3v) is 4.08. The van der Waals surface area contributed by atoms with E-state index in [2.05, 4.69) is 44.5 Å². The zero-order chi connectivity index (χ0) is 12.7. The molecule has 2 aliphatic heterocycles. The quantitative estimate of drug-likeness (QED) is 0.919. The molecule has 4 rings (SSSR count). The maximum absolute atomic E-state index is 4.28. The van der Waals surface area contributed by atoms with E-state index >= 15 is 0 Å². The smallest absolute Gasteiger partial charge is 0.159 e. The van der Waals surface area contributed by atoms with Crippen molar-refractivity contribution in [1.29, 1.82) is 0 Å². The Bertz CT molecular complexity index is 572. The summed E-state index contributed by atoms with van der Waals surface area (Å²) in [6.07, 6.45) is 4.84. The first-order chi connectivity index (χ1) is 9.40. The van der Waals surface area contributed by atoms with Crippen LogP contribution in [-0.2, 0) is 0 Å². The van der Waals surface area contributed by atoms with E-state index < -0.39 is 0 Å². The van der Waals surface area contributed by atoms with Gasteiger partial charge in [-0.15, -0.1) is 12.4 Å². The van der Waals surface area contributed by atoms with Gasteiger partial charge in [-0.2, -0.15) is 0 Å². The molecule has 104 valence electrons. The van der Waals surface area contributed by atoms with Crippen molar-refractivity contribution in [2.75, 3.05) is 18.0 Å². The molecule has 5 heteroatoms. The normalized spacial score (nSPS) is 23.7. The molecule has 1 aromatic carbocycles. The predicted molar refractivity (Wildman–Crippen MR) is 82.3 cm³/mol. The lowest BCUT2D eigenvalue weighted by atomic mass is 10.1. The van der Waals surface area contributed by atoms with Gasteiger partial charge in [0.15, 0.2) is 5.82 Å². The van der Waals surface area contributed by atoms with Crippen LogP contribution in [0.3, 0.4) is 0 Å². The summed E-state index contributed by atoms with van der Waals surface area (Å²) in [5.41, 5.74) is 2.39. The first-order valence-electron chi connectivity index (χ1n) is 6.77. The Morgan fingerprint density at radius 3 is 2.45 bits per heavy atom. The summed E-state index contributed by atoms with van der Waals surface area (Å²) in [4.78, 5) is 11.1. The van der Waals surface area contributed by atoms with Crippen molar-refractivity contribution in [2.45, 2.75) is 18.5 Å². The molecule has 2 aromatic rings. The molecule has 0 radical (unpaired) electrons. The molecule has 1 N–H and O–H groups in total. The number of hydrogen-bond donors (Lipinski definition) is 1. The van der Waals surface area contributed by atoms with Crippen molar-refractivity contribution in [1.82, 2.24) is 15.3 Å². The summed E-state index contributed by atoms with van der Waals surface area (Å²) in [5.74, 6) is 0.790. The van der Waals surface area contributed by atoms with E-state index in [-0.39, 0.29) is 12.4 Å². The van der Waals surface area contributed by atoms with Gasteiger partial charge in [-0.1, -0.05) is 0 Å². The molecule has 4 nitrogen and oxygen atoms in total. The fourth-order valence-corrected chi connectivity index (χ4v) is 3.13. The van der Waals surface area contributed by atoms with Gasteiger partial charge in [-0.3, -0.25) is 0 Å². The summed E-state index contributed by atoms with van der Waals surface area (Å²) in [7, 11) is 0. The van der Waals surface area contributed by atoms with Gasteiger partial charge in [-0.25, -0.2) is 9.97 Å². The number of rotatable bonds is 2. The monoisotopic (exact) mass is 288 g/mol. The zero-order valence-electron chi connectivity index (χ0n) is 11.1. The van der Waals surface area contributed by atoms with E-state index in [0.29, 0.717) is 12.1 Å². The first kappa shape index (κ1) is 13.3. The van der Waals surface area contributed by atoms with Gasteiger partial charge in [0.25, 0.3) is 0 Å². The summed E-state index contributed by atoms with van der Waals surface area (Å²) in [6, 6.07) is 11.8. The first-order valence-corrected chi connectivity index (χ1v) is 6.77. The fraction of sp³-hybridized carbons (Fsp3) is 0.333. The molecule has 2 saturated heterocycles. The van der Waals surface area contributed by atoms with Crippen LogP contribution >= 0.6 is 12.4 Å². The molecule has 3 heterocycles. The minimum atomic E-state index is 0. The topological polar surface area (TPSA) is 41.1 Å². The highest BCUT2D eigenvalue weighted by Crippen LogP contribution is 2.30. The zero-order valence-corrected chi connectivity index (χ0v) is 11.9. The molecular weight excluding hydrogens is 272 g/mol. The van der Waals surface area contributed by atoms with E-state index in [9.17, 15) is 0 Å². The second kappa shape index (κ2) is 5.38. The Hall–Kier alpha value is -1.65. The number of piperazine rings is 1. The number of nitrogens with zero attached hydrogens (tertiary/aromatic N) is 3. The lowest BCUT2D eigenvalue weighted by molar-refractivity contribution is 0.580. The Labute approximate surface area is 124 Å². The SMILES string of the molecule is Cl.c1cnc(-c2ccc(N3CC4CC3CN4)cc2)nc1. The van der Waals surface area contributed by atoms with Gasteiger partial charge in [0.05, 0.1) is 0 Å². The number of fused-ring (bicyclic) bond motifs is 2. The van der Waals surface area contributed by atoms with E-state index in [1.807, 2.05) is 6.07 Å². The Kier molecular flexibility index (Phi) is 3.59. The molecule has 0 amide bonds. The summed E-state index contributed by atoms with van der Waals surface area (Å²) in [6.45, 7) is 2.25. The van der Waals surface area contributed by atoms with Crippen molar-refractivity contribution in [3.05, 3.63) is 42.7 Å². The van der Waals surface area contributed by atoms with Crippen LogP contribution in [0.25, 0.3) is 11.4 Å². The molecule has 2 atom stereocenters. The molecular formula is C15H17ClN4. The third-order valence-electron chi connectivity index (χ3n) is 4.08. The van der Waals surface area contributed by atoms with E-state index in [4.69, 9.17) is 0 Å². The number of halogens is 1. The fourth-order valence-electron chi connectivity index (χ4n) is 3.13. The Morgan fingerprint density at radius 1 is 1.10 bits per heavy atom. The second-order valence-corrected chi connectivity index (χ2v) is 5.27. The van der Waals surface area contributed by atoms with Crippen LogP contribution in [0, 0.1) is 0 Å². The highest BCUT2D eigenvalue weighted by Gasteiger charge is 2.37. The average Bonchev–Trinajstić information content (AvgIpc) is 3.11. The summed E-state index contributed by atoms with van der Waals surface area (Å²) in [5, 5.41) is 3.53. The minimum Gasteiger partial charge on any atom is -0.366 e. The standard InChI is InChI=1S/C15H16N4.ClH/c1-6-16-15(17-7-1)11-2-4-13(5-3-11)19-10-12-8-14(19)9-18-12;/h1-7,12,14,18H,8-10H2;1H. The molecule has 2 unspecified atom stereocenters. The molecule has 2 fully saturated rings. The van der Waals surface area contributed by atoms with E-state index in [1.54, 1.807) is 12.4 Å². The number of hydrogen-bond acceptors (Lipinski definition) is 4. The van der Waals surface area contributed by atoms with Crippen LogP contribution in [-0.4, -0.2) is 35.1 Å². The molecule has 2 bridgehead atoms. The van der Waals surface area contributed by atoms with Crippen LogP contribution in [0.4, 0.5) is 5.69 Å². The van der Waals surface area contributed by atoms with Crippen molar-refractivity contribution in [3.8, 4) is 11.4 Å². The van der Waals surface area contributed by atoms with Gasteiger partial charge < -0.3 is 10.2 Å².